The van der Waals surface area contributed by atoms with E-state index in [1.165, 1.54) is 68.4 Å². The summed E-state index contributed by atoms with van der Waals surface area (Å²) in [6, 6.07) is 11.3. The monoisotopic (exact) mass is 652 g/mol. The molecule has 2 aliphatic heterocycles. The number of piperidine rings is 2. The van der Waals surface area contributed by atoms with Crippen molar-refractivity contribution in [2.75, 3.05) is 29.9 Å². The Labute approximate surface area is 284 Å². The van der Waals surface area contributed by atoms with E-state index in [1.54, 1.807) is 6.20 Å². The van der Waals surface area contributed by atoms with Gasteiger partial charge >= 0.3 is 0 Å². The molecule has 2 aromatic heterocycles. The summed E-state index contributed by atoms with van der Waals surface area (Å²) in [4.78, 5) is 40.1. The Morgan fingerprint density at radius 2 is 1.69 bits per heavy atom. The third-order valence-corrected chi connectivity index (χ3v) is 11.6. The van der Waals surface area contributed by atoms with Crippen molar-refractivity contribution in [1.29, 1.82) is 0 Å². The molecule has 2 atom stereocenters. The number of amides is 2. The van der Waals surface area contributed by atoms with E-state index in [1.807, 2.05) is 7.05 Å². The predicted octanol–water partition coefficient (Wildman–Crippen LogP) is 5.69. The van der Waals surface area contributed by atoms with E-state index in [4.69, 9.17) is 10.7 Å². The fourth-order valence-electron chi connectivity index (χ4n) is 8.87. The Balaban J connectivity index is 1.02. The quantitative estimate of drug-likeness (QED) is 0.286. The summed E-state index contributed by atoms with van der Waals surface area (Å²) in [6.07, 6.45) is 13.3. The summed E-state index contributed by atoms with van der Waals surface area (Å²) < 4.78 is 2.07. The highest BCUT2D eigenvalue weighted by atomic mass is 16.2. The largest absolute Gasteiger partial charge is 0.364 e. The first-order valence-electron chi connectivity index (χ1n) is 18.1. The molecule has 4 heterocycles. The third-order valence-electron chi connectivity index (χ3n) is 11.6. The third kappa shape index (κ3) is 6.56. The Morgan fingerprint density at radius 1 is 0.958 bits per heavy atom. The van der Waals surface area contributed by atoms with Crippen LogP contribution in [0.15, 0.2) is 36.5 Å². The number of nitrogens with one attached hydrogen (secondary N) is 2. The normalized spacial score (nSPS) is 23.3. The topological polar surface area (TPSA) is 121 Å². The lowest BCUT2D eigenvalue weighted by Gasteiger charge is -2.40. The Kier molecular flexibility index (Phi) is 8.96. The van der Waals surface area contributed by atoms with Crippen LogP contribution >= 0.6 is 0 Å². The molecule has 1 aromatic carbocycles. The summed E-state index contributed by atoms with van der Waals surface area (Å²) >= 11 is 0. The van der Waals surface area contributed by atoms with Gasteiger partial charge in [-0.25, -0.2) is 9.97 Å². The number of fused-ring (bicyclic) bond motifs is 1. The van der Waals surface area contributed by atoms with E-state index in [0.717, 1.165) is 49.7 Å². The molecule has 2 aliphatic carbocycles. The number of carbonyl (C=O) groups excluding carboxylic acids is 2. The highest BCUT2D eigenvalue weighted by Crippen LogP contribution is 2.38. The van der Waals surface area contributed by atoms with Crippen LogP contribution in [0.3, 0.4) is 0 Å². The molecule has 7 rings (SSSR count). The standard InChI is InChI=1S/C38H52N8O2/c1-24-30(42-37(48)31-20-27-21-38(2,3)22-32(27)44(31)4)10-7-17-46(24)33-23-40-34(35(39)47)36(43-33)41-28-13-11-25(12-14-28)26-15-18-45(19-16-26)29-8-5-6-9-29/h11-14,20,23-24,26,29-30H,5-10,15-19,21-22H2,1-4H3,(H2,39,47)(H,41,43)(H,42,48)/t24-,30-/m1/s1. The van der Waals surface area contributed by atoms with Crippen molar-refractivity contribution < 1.29 is 9.59 Å². The Bertz CT molecular complexity index is 1650. The van der Waals surface area contributed by atoms with Crippen LogP contribution in [-0.4, -0.2) is 69.0 Å². The summed E-state index contributed by atoms with van der Waals surface area (Å²) in [5, 5.41) is 6.66. The molecule has 0 unspecified atom stereocenters. The maximum atomic E-state index is 13.5. The van der Waals surface area contributed by atoms with Crippen LogP contribution in [0.5, 0.6) is 0 Å². The van der Waals surface area contributed by atoms with Crippen LogP contribution < -0.4 is 21.3 Å². The Hall–Kier alpha value is -3.92. The van der Waals surface area contributed by atoms with Crippen molar-refractivity contribution in [3.05, 3.63) is 64.7 Å². The van der Waals surface area contributed by atoms with Gasteiger partial charge in [-0.1, -0.05) is 38.8 Å². The van der Waals surface area contributed by atoms with Crippen LogP contribution in [0.25, 0.3) is 0 Å². The lowest BCUT2D eigenvalue weighted by molar-refractivity contribution is 0.0914. The van der Waals surface area contributed by atoms with Gasteiger partial charge in [-0.15, -0.1) is 0 Å². The second-order valence-electron chi connectivity index (χ2n) is 15.5. The second kappa shape index (κ2) is 13.2. The first kappa shape index (κ1) is 32.6. The fourth-order valence-corrected chi connectivity index (χ4v) is 8.87. The SMILES string of the molecule is C[C@@H]1[C@H](NC(=O)c2cc3c(n2C)CC(C)(C)C3)CCCN1c1cnc(C(N)=O)c(Nc2ccc(C3CCN(C4CCCC4)CC3)cc2)n1. The fraction of sp³-hybridized carbons (Fsp3) is 0.579. The molecule has 2 saturated heterocycles. The smallest absolute Gasteiger partial charge is 0.271 e. The lowest BCUT2D eigenvalue weighted by Crippen LogP contribution is -2.54. The molecule has 48 heavy (non-hydrogen) atoms. The van der Waals surface area contributed by atoms with Gasteiger partial charge in [-0.2, -0.15) is 0 Å². The van der Waals surface area contributed by atoms with Crippen molar-refractivity contribution in [3.8, 4) is 0 Å². The molecule has 10 nitrogen and oxygen atoms in total. The summed E-state index contributed by atoms with van der Waals surface area (Å²) in [7, 11) is 2.00. The summed E-state index contributed by atoms with van der Waals surface area (Å²) in [5.41, 5.74) is 11.6. The number of anilines is 3. The number of primary amides is 1. The van der Waals surface area contributed by atoms with Gasteiger partial charge in [0.1, 0.15) is 11.5 Å². The number of carbonyl (C=O) groups is 2. The number of benzene rings is 1. The minimum absolute atomic E-state index is 0.0188. The first-order valence-corrected chi connectivity index (χ1v) is 18.1. The van der Waals surface area contributed by atoms with Crippen molar-refractivity contribution in [2.24, 2.45) is 18.2 Å². The molecule has 0 radical (unpaired) electrons. The maximum Gasteiger partial charge on any atom is 0.271 e. The van der Waals surface area contributed by atoms with Crippen LogP contribution in [0, 0.1) is 5.41 Å². The molecule has 0 bridgehead atoms. The number of likely N-dealkylation sites (tertiary alicyclic amines) is 1. The average molecular weight is 653 g/mol. The van der Waals surface area contributed by atoms with E-state index in [0.29, 0.717) is 17.6 Å². The number of hydrogen-bond acceptors (Lipinski definition) is 7. The minimum atomic E-state index is -0.628. The molecule has 10 heteroatoms. The van der Waals surface area contributed by atoms with E-state index < -0.39 is 5.91 Å². The van der Waals surface area contributed by atoms with E-state index in [9.17, 15) is 9.59 Å². The van der Waals surface area contributed by atoms with Gasteiger partial charge in [0.15, 0.2) is 11.5 Å². The van der Waals surface area contributed by atoms with E-state index in [-0.39, 0.29) is 29.1 Å². The predicted molar refractivity (Wildman–Crippen MR) is 190 cm³/mol. The minimum Gasteiger partial charge on any atom is -0.364 e. The molecule has 3 aromatic rings. The maximum absolute atomic E-state index is 13.5. The van der Waals surface area contributed by atoms with Crippen LogP contribution in [0.2, 0.25) is 0 Å². The van der Waals surface area contributed by atoms with Crippen LogP contribution in [-0.2, 0) is 19.9 Å². The molecular weight excluding hydrogens is 600 g/mol. The van der Waals surface area contributed by atoms with Gasteiger partial charge in [-0.3, -0.25) is 9.59 Å². The number of nitrogens with zero attached hydrogens (tertiary/aromatic N) is 5. The highest BCUT2D eigenvalue weighted by molar-refractivity contribution is 5.96. The zero-order valence-electron chi connectivity index (χ0n) is 29.1. The van der Waals surface area contributed by atoms with E-state index >= 15 is 0 Å². The van der Waals surface area contributed by atoms with Crippen molar-refractivity contribution in [1.82, 2.24) is 24.8 Å². The second-order valence-corrected chi connectivity index (χ2v) is 15.5. The van der Waals surface area contributed by atoms with Gasteiger partial charge in [0.05, 0.1) is 6.20 Å². The highest BCUT2D eigenvalue weighted by Gasteiger charge is 2.35. The van der Waals surface area contributed by atoms with Crippen LogP contribution in [0.4, 0.5) is 17.3 Å². The van der Waals surface area contributed by atoms with E-state index in [2.05, 4.69) is 81.1 Å². The number of aromatic nitrogens is 3. The molecule has 2 amide bonds. The lowest BCUT2D eigenvalue weighted by atomic mass is 9.88. The average Bonchev–Trinajstić information content (AvgIpc) is 3.79. The van der Waals surface area contributed by atoms with Crippen LogP contribution in [0.1, 0.15) is 116 Å². The first-order chi connectivity index (χ1) is 23.1. The van der Waals surface area contributed by atoms with Crippen molar-refractivity contribution in [2.45, 2.75) is 109 Å². The van der Waals surface area contributed by atoms with Crippen molar-refractivity contribution >= 4 is 29.1 Å². The molecule has 4 aliphatic rings. The molecule has 0 spiro atoms. The number of rotatable bonds is 8. The summed E-state index contributed by atoms with van der Waals surface area (Å²) in [6.45, 7) is 9.83. The zero-order valence-corrected chi connectivity index (χ0v) is 29.1. The van der Waals surface area contributed by atoms with Gasteiger partial charge in [0.2, 0.25) is 0 Å². The molecule has 3 fully saturated rings. The summed E-state index contributed by atoms with van der Waals surface area (Å²) in [5.74, 6) is 0.905. The van der Waals surface area contributed by atoms with Crippen molar-refractivity contribution in [3.63, 3.8) is 0 Å². The number of nitrogens with two attached hydrogens (primary N) is 1. The van der Waals surface area contributed by atoms with Gasteiger partial charge in [-0.05, 0) is 112 Å². The molecule has 256 valence electrons. The van der Waals surface area contributed by atoms with Gasteiger partial charge in [0, 0.05) is 43.1 Å². The van der Waals surface area contributed by atoms with Gasteiger partial charge < -0.3 is 30.7 Å². The Morgan fingerprint density at radius 3 is 2.38 bits per heavy atom. The zero-order chi connectivity index (χ0) is 33.6. The van der Waals surface area contributed by atoms with Gasteiger partial charge in [0.25, 0.3) is 11.8 Å². The number of hydrogen-bond donors (Lipinski definition) is 3. The molecule has 4 N–H and O–H groups in total. The molecule has 1 saturated carbocycles. The molecular formula is C38H52N8O2.